The fourth-order valence-electron chi connectivity index (χ4n) is 3.65. The molecule has 1 N–H and O–H groups in total. The fourth-order valence-corrected chi connectivity index (χ4v) is 3.65. The number of para-hydroxylation sites is 1. The molecule has 0 atom stereocenters. The predicted octanol–water partition coefficient (Wildman–Crippen LogP) is 5.42. The third-order valence-electron chi connectivity index (χ3n) is 5.47. The minimum atomic E-state index is -0.203. The molecule has 0 aliphatic heterocycles. The van der Waals surface area contributed by atoms with Gasteiger partial charge in [-0.2, -0.15) is 5.10 Å². The Hall–Kier alpha value is -3.53. The van der Waals surface area contributed by atoms with Gasteiger partial charge in [0.05, 0.1) is 16.8 Å². The van der Waals surface area contributed by atoms with Crippen molar-refractivity contribution in [3.8, 4) is 0 Å². The number of amides is 1. The molecule has 1 fully saturated rings. The lowest BCUT2D eigenvalue weighted by Crippen LogP contribution is -2.20. The molecule has 1 amide bonds. The average molecular weight is 379 g/mol. The second kappa shape index (κ2) is 7.13. The van der Waals surface area contributed by atoms with Crippen LogP contribution in [0.15, 0.2) is 77.9 Å². The lowest BCUT2D eigenvalue weighted by Gasteiger charge is -2.09. The minimum absolute atomic E-state index is 0.203. The first kappa shape index (κ1) is 17.6. The first-order valence-electron chi connectivity index (χ1n) is 9.92. The molecular weight excluding hydrogens is 358 g/mol. The molecule has 4 aromatic rings. The molecule has 3 aromatic carbocycles. The molecule has 142 valence electrons. The van der Waals surface area contributed by atoms with Gasteiger partial charge in [-0.25, -0.2) is 5.43 Å². The van der Waals surface area contributed by atoms with Crippen LogP contribution in [0, 0.1) is 0 Å². The first-order chi connectivity index (χ1) is 14.2. The van der Waals surface area contributed by atoms with Gasteiger partial charge in [0, 0.05) is 17.0 Å². The number of rotatable bonds is 4. The summed E-state index contributed by atoms with van der Waals surface area (Å²) in [7, 11) is 0. The molecular formula is C25H21N3O. The van der Waals surface area contributed by atoms with Crippen LogP contribution >= 0.6 is 0 Å². The molecule has 4 heteroatoms. The number of fused-ring (bicyclic) bond motifs is 2. The van der Waals surface area contributed by atoms with Crippen LogP contribution in [0.25, 0.3) is 21.7 Å². The SMILES string of the molecule is C/C(=N/NC(=O)c1cc(C2CC2)nc2ccccc12)c1ccc2ccccc2c1. The summed E-state index contributed by atoms with van der Waals surface area (Å²) in [4.78, 5) is 17.7. The van der Waals surface area contributed by atoms with E-state index in [9.17, 15) is 4.79 Å². The Bertz CT molecular complexity index is 1270. The second-order valence-electron chi connectivity index (χ2n) is 7.59. The molecule has 1 aliphatic carbocycles. The van der Waals surface area contributed by atoms with E-state index in [2.05, 4.69) is 34.8 Å². The van der Waals surface area contributed by atoms with E-state index < -0.39 is 0 Å². The summed E-state index contributed by atoms with van der Waals surface area (Å²) in [6.45, 7) is 1.91. The zero-order valence-corrected chi connectivity index (χ0v) is 16.2. The van der Waals surface area contributed by atoms with Crippen molar-refractivity contribution in [2.24, 2.45) is 5.10 Å². The maximum absolute atomic E-state index is 13.0. The predicted molar refractivity (Wildman–Crippen MR) is 117 cm³/mol. The van der Waals surface area contributed by atoms with Crippen molar-refractivity contribution >= 4 is 33.3 Å². The Kier molecular flexibility index (Phi) is 4.32. The van der Waals surface area contributed by atoms with Gasteiger partial charge in [-0.3, -0.25) is 9.78 Å². The largest absolute Gasteiger partial charge is 0.272 e. The summed E-state index contributed by atoms with van der Waals surface area (Å²) in [5, 5.41) is 7.56. The van der Waals surface area contributed by atoms with Gasteiger partial charge in [0.15, 0.2) is 0 Å². The van der Waals surface area contributed by atoms with Gasteiger partial charge in [-0.1, -0.05) is 54.6 Å². The highest BCUT2D eigenvalue weighted by atomic mass is 16.2. The number of carbonyl (C=O) groups is 1. The number of carbonyl (C=O) groups excluding carboxylic acids is 1. The maximum Gasteiger partial charge on any atom is 0.272 e. The highest BCUT2D eigenvalue weighted by molar-refractivity contribution is 6.07. The number of hydrazone groups is 1. The normalized spacial score (nSPS) is 14.3. The van der Waals surface area contributed by atoms with Crippen LogP contribution in [0.5, 0.6) is 0 Å². The molecule has 1 saturated carbocycles. The number of hydrogen-bond acceptors (Lipinski definition) is 3. The van der Waals surface area contributed by atoms with Crippen molar-refractivity contribution in [1.29, 1.82) is 0 Å². The quantitative estimate of drug-likeness (QED) is 0.380. The number of aromatic nitrogens is 1. The van der Waals surface area contributed by atoms with Gasteiger partial charge >= 0.3 is 0 Å². The smallest absolute Gasteiger partial charge is 0.267 e. The lowest BCUT2D eigenvalue weighted by molar-refractivity contribution is 0.0956. The van der Waals surface area contributed by atoms with Crippen molar-refractivity contribution in [2.45, 2.75) is 25.7 Å². The van der Waals surface area contributed by atoms with Gasteiger partial charge in [-0.15, -0.1) is 0 Å². The van der Waals surface area contributed by atoms with Crippen molar-refractivity contribution in [1.82, 2.24) is 10.4 Å². The summed E-state index contributed by atoms with van der Waals surface area (Å²) in [5.41, 5.74) is 7.00. The van der Waals surface area contributed by atoms with Crippen LogP contribution in [-0.2, 0) is 0 Å². The van der Waals surface area contributed by atoms with E-state index in [1.54, 1.807) is 0 Å². The maximum atomic E-state index is 13.0. The first-order valence-corrected chi connectivity index (χ1v) is 9.92. The molecule has 4 nitrogen and oxygen atoms in total. The minimum Gasteiger partial charge on any atom is -0.267 e. The Morgan fingerprint density at radius 2 is 1.72 bits per heavy atom. The highest BCUT2D eigenvalue weighted by Gasteiger charge is 2.26. The summed E-state index contributed by atoms with van der Waals surface area (Å²) in [5.74, 6) is 0.277. The zero-order chi connectivity index (χ0) is 19.8. The number of hydrogen-bond donors (Lipinski definition) is 1. The van der Waals surface area contributed by atoms with Crippen molar-refractivity contribution in [3.05, 3.63) is 89.6 Å². The molecule has 1 aromatic heterocycles. The van der Waals surface area contributed by atoms with Gasteiger partial charge in [-0.05, 0) is 54.3 Å². The monoisotopic (exact) mass is 379 g/mol. The van der Waals surface area contributed by atoms with Gasteiger partial charge < -0.3 is 0 Å². The number of nitrogens with zero attached hydrogens (tertiary/aromatic N) is 2. The van der Waals surface area contributed by atoms with Gasteiger partial charge in [0.1, 0.15) is 0 Å². The van der Waals surface area contributed by atoms with Crippen LogP contribution in [-0.4, -0.2) is 16.6 Å². The summed E-state index contributed by atoms with van der Waals surface area (Å²) < 4.78 is 0. The number of benzene rings is 3. The van der Waals surface area contributed by atoms with Crippen LogP contribution in [0.2, 0.25) is 0 Å². The van der Waals surface area contributed by atoms with Crippen LogP contribution in [0.1, 0.15) is 47.3 Å². The Morgan fingerprint density at radius 1 is 0.966 bits per heavy atom. The van der Waals surface area contributed by atoms with Crippen LogP contribution < -0.4 is 5.43 Å². The van der Waals surface area contributed by atoms with Gasteiger partial charge in [0.2, 0.25) is 0 Å². The average Bonchev–Trinajstić information content (AvgIpc) is 3.61. The highest BCUT2D eigenvalue weighted by Crippen LogP contribution is 2.40. The van der Waals surface area contributed by atoms with Crippen LogP contribution in [0.4, 0.5) is 0 Å². The second-order valence-corrected chi connectivity index (χ2v) is 7.59. The van der Waals surface area contributed by atoms with E-state index >= 15 is 0 Å². The van der Waals surface area contributed by atoms with Crippen molar-refractivity contribution in [2.75, 3.05) is 0 Å². The Morgan fingerprint density at radius 3 is 2.55 bits per heavy atom. The Labute approximate surface area is 169 Å². The molecule has 0 spiro atoms. The van der Waals surface area contributed by atoms with Crippen molar-refractivity contribution in [3.63, 3.8) is 0 Å². The topological polar surface area (TPSA) is 54.4 Å². The zero-order valence-electron chi connectivity index (χ0n) is 16.2. The third-order valence-corrected chi connectivity index (χ3v) is 5.47. The van der Waals surface area contributed by atoms with E-state index in [1.807, 2.05) is 55.5 Å². The van der Waals surface area contributed by atoms with E-state index in [0.29, 0.717) is 11.5 Å². The van der Waals surface area contributed by atoms with Crippen molar-refractivity contribution < 1.29 is 4.79 Å². The van der Waals surface area contributed by atoms with Crippen LogP contribution in [0.3, 0.4) is 0 Å². The fraction of sp³-hybridized carbons (Fsp3) is 0.160. The molecule has 0 unspecified atom stereocenters. The van der Waals surface area contributed by atoms with Gasteiger partial charge in [0.25, 0.3) is 5.91 Å². The molecule has 1 heterocycles. The molecule has 0 bridgehead atoms. The van der Waals surface area contributed by atoms with E-state index in [-0.39, 0.29) is 5.91 Å². The molecule has 1 aliphatic rings. The third kappa shape index (κ3) is 3.49. The van der Waals surface area contributed by atoms with E-state index in [1.165, 1.54) is 5.39 Å². The molecule has 5 rings (SSSR count). The molecule has 0 saturated heterocycles. The summed E-state index contributed by atoms with van der Waals surface area (Å²) >= 11 is 0. The molecule has 29 heavy (non-hydrogen) atoms. The number of pyridine rings is 1. The standard InChI is InChI=1S/C25H21N3O/c1-16(19-13-10-17-6-2-3-7-20(17)14-19)27-28-25(29)22-15-24(18-11-12-18)26-23-9-5-4-8-21(22)23/h2-10,13-15,18H,11-12H2,1H3,(H,28,29)/b27-16-. The lowest BCUT2D eigenvalue weighted by atomic mass is 10.0. The molecule has 0 radical (unpaired) electrons. The summed E-state index contributed by atoms with van der Waals surface area (Å²) in [6, 6.07) is 24.1. The summed E-state index contributed by atoms with van der Waals surface area (Å²) in [6.07, 6.45) is 2.29. The van der Waals surface area contributed by atoms with E-state index in [4.69, 9.17) is 4.98 Å². The number of nitrogens with one attached hydrogen (secondary N) is 1. The Balaban J connectivity index is 1.45. The van der Waals surface area contributed by atoms with E-state index in [0.717, 1.165) is 46.1 Å².